The highest BCUT2D eigenvalue weighted by molar-refractivity contribution is 7.89. The van der Waals surface area contributed by atoms with Gasteiger partial charge in [0.15, 0.2) is 0 Å². The van der Waals surface area contributed by atoms with Crippen molar-refractivity contribution in [1.82, 2.24) is 9.71 Å². The van der Waals surface area contributed by atoms with Gasteiger partial charge in [0.05, 0.1) is 12.0 Å². The molecular formula is C27H26ClN3O5S. The van der Waals surface area contributed by atoms with Crippen LogP contribution in [-0.4, -0.2) is 38.4 Å². The molecule has 4 aromatic rings. The van der Waals surface area contributed by atoms with E-state index in [2.05, 4.69) is 19.8 Å². The van der Waals surface area contributed by atoms with Gasteiger partial charge in [-0.15, -0.1) is 0 Å². The van der Waals surface area contributed by atoms with Crippen LogP contribution in [0.25, 0.3) is 10.9 Å². The Labute approximate surface area is 220 Å². The third kappa shape index (κ3) is 6.76. The van der Waals surface area contributed by atoms with E-state index in [1.165, 1.54) is 31.4 Å². The fourth-order valence-corrected chi connectivity index (χ4v) is 5.23. The van der Waals surface area contributed by atoms with Crippen molar-refractivity contribution in [1.29, 1.82) is 0 Å². The first-order valence-corrected chi connectivity index (χ1v) is 13.4. The fraction of sp³-hybridized carbons (Fsp3) is 0.185. The van der Waals surface area contributed by atoms with E-state index in [1.807, 2.05) is 24.3 Å². The molecule has 3 aromatic carbocycles. The number of aromatic amines is 1. The standard InChI is InChI=1S/C27H26ClN3O5S/c1-36-26(32)15-8-18-6-11-21(12-7-18)30-27(33)25(16-19-17-29-24-5-3-2-4-23(19)24)31-37(34,35)22-13-9-20(28)10-14-22/h2-7,9-14,17,25,29,31H,8,15-16H2,1H3,(H,30,33). The predicted octanol–water partition coefficient (Wildman–Crippen LogP) is 4.46. The molecule has 0 fully saturated rings. The first-order chi connectivity index (χ1) is 17.7. The number of hydrogen-bond donors (Lipinski definition) is 3. The minimum atomic E-state index is -4.02. The summed E-state index contributed by atoms with van der Waals surface area (Å²) in [5, 5.41) is 4.11. The van der Waals surface area contributed by atoms with Gasteiger partial charge in [0.25, 0.3) is 0 Å². The van der Waals surface area contributed by atoms with Crippen LogP contribution in [0.1, 0.15) is 17.5 Å². The van der Waals surface area contributed by atoms with Gasteiger partial charge in [-0.1, -0.05) is 41.9 Å². The van der Waals surface area contributed by atoms with E-state index >= 15 is 0 Å². The van der Waals surface area contributed by atoms with Gasteiger partial charge in [0, 0.05) is 34.2 Å². The summed E-state index contributed by atoms with van der Waals surface area (Å²) in [4.78, 5) is 27.9. The normalized spacial score (nSPS) is 12.3. The van der Waals surface area contributed by atoms with E-state index in [-0.39, 0.29) is 23.7 Å². The van der Waals surface area contributed by atoms with E-state index in [1.54, 1.807) is 30.5 Å². The summed E-state index contributed by atoms with van der Waals surface area (Å²) >= 11 is 5.91. The molecule has 0 spiro atoms. The Hall–Kier alpha value is -3.66. The first-order valence-electron chi connectivity index (χ1n) is 11.5. The zero-order valence-corrected chi connectivity index (χ0v) is 21.6. The van der Waals surface area contributed by atoms with Crippen molar-refractivity contribution in [2.24, 2.45) is 0 Å². The quantitative estimate of drug-likeness (QED) is 0.257. The van der Waals surface area contributed by atoms with Crippen molar-refractivity contribution in [3.8, 4) is 0 Å². The average molecular weight is 540 g/mol. The maximum absolute atomic E-state index is 13.3. The van der Waals surface area contributed by atoms with E-state index in [0.29, 0.717) is 17.1 Å². The number of halogens is 1. The number of H-pyrrole nitrogens is 1. The van der Waals surface area contributed by atoms with Crippen molar-refractivity contribution >= 4 is 50.1 Å². The van der Waals surface area contributed by atoms with Crippen LogP contribution in [0.2, 0.25) is 5.02 Å². The number of ether oxygens (including phenoxy) is 1. The van der Waals surface area contributed by atoms with Gasteiger partial charge in [-0.3, -0.25) is 9.59 Å². The number of benzene rings is 3. The Bertz CT molecular complexity index is 1500. The Morgan fingerprint density at radius 2 is 1.70 bits per heavy atom. The van der Waals surface area contributed by atoms with Gasteiger partial charge >= 0.3 is 5.97 Å². The van der Waals surface area contributed by atoms with Gasteiger partial charge in [0.2, 0.25) is 15.9 Å². The zero-order valence-electron chi connectivity index (χ0n) is 20.0. The average Bonchev–Trinajstić information content (AvgIpc) is 3.30. The lowest BCUT2D eigenvalue weighted by Crippen LogP contribution is -2.45. The van der Waals surface area contributed by atoms with Crippen LogP contribution in [0.5, 0.6) is 0 Å². The van der Waals surface area contributed by atoms with E-state index in [9.17, 15) is 18.0 Å². The highest BCUT2D eigenvalue weighted by Crippen LogP contribution is 2.21. The predicted molar refractivity (Wildman–Crippen MR) is 143 cm³/mol. The molecule has 192 valence electrons. The van der Waals surface area contributed by atoms with Gasteiger partial charge < -0.3 is 15.0 Å². The molecule has 1 unspecified atom stereocenters. The number of nitrogens with one attached hydrogen (secondary N) is 3. The summed E-state index contributed by atoms with van der Waals surface area (Å²) in [7, 11) is -2.68. The van der Waals surface area contributed by atoms with Gasteiger partial charge in [0.1, 0.15) is 6.04 Å². The molecule has 1 heterocycles. The second-order valence-corrected chi connectivity index (χ2v) is 10.6. The summed E-state index contributed by atoms with van der Waals surface area (Å²) in [6.07, 6.45) is 2.66. The maximum atomic E-state index is 13.3. The number of sulfonamides is 1. The molecule has 0 aliphatic rings. The summed E-state index contributed by atoms with van der Waals surface area (Å²) in [5.74, 6) is -0.810. The lowest BCUT2D eigenvalue weighted by Gasteiger charge is -2.19. The topological polar surface area (TPSA) is 117 Å². The fourth-order valence-electron chi connectivity index (χ4n) is 3.91. The molecule has 0 bridgehead atoms. The number of esters is 1. The van der Waals surface area contributed by atoms with Crippen LogP contribution in [-0.2, 0) is 37.2 Å². The molecule has 1 amide bonds. The van der Waals surface area contributed by atoms with Gasteiger partial charge in [-0.2, -0.15) is 4.72 Å². The molecule has 0 aliphatic carbocycles. The largest absolute Gasteiger partial charge is 0.469 e. The number of aryl methyl sites for hydroxylation is 1. The Balaban J connectivity index is 1.55. The van der Waals surface area contributed by atoms with Crippen LogP contribution < -0.4 is 10.0 Å². The van der Waals surface area contributed by atoms with Crippen LogP contribution in [0.3, 0.4) is 0 Å². The summed E-state index contributed by atoms with van der Waals surface area (Å²) in [6, 6.07) is 19.2. The molecule has 1 aromatic heterocycles. The number of hydrogen-bond acceptors (Lipinski definition) is 5. The molecule has 8 nitrogen and oxygen atoms in total. The number of aromatic nitrogens is 1. The SMILES string of the molecule is COC(=O)CCc1ccc(NC(=O)C(Cc2c[nH]c3ccccc23)NS(=O)(=O)c2ccc(Cl)cc2)cc1. The summed E-state index contributed by atoms with van der Waals surface area (Å²) in [6.45, 7) is 0. The van der Waals surface area contributed by atoms with Crippen molar-refractivity contribution in [3.05, 3.63) is 95.1 Å². The second-order valence-electron chi connectivity index (χ2n) is 8.45. The first kappa shape index (κ1) is 26.4. The highest BCUT2D eigenvalue weighted by Gasteiger charge is 2.27. The van der Waals surface area contributed by atoms with Crippen molar-refractivity contribution < 1.29 is 22.7 Å². The second kappa shape index (κ2) is 11.6. The van der Waals surface area contributed by atoms with E-state index in [4.69, 9.17) is 11.6 Å². The minimum absolute atomic E-state index is 0.00332. The third-order valence-electron chi connectivity index (χ3n) is 5.90. The summed E-state index contributed by atoms with van der Waals surface area (Å²) in [5.41, 5.74) is 3.09. The Kier molecular flexibility index (Phi) is 8.27. The number of para-hydroxylation sites is 1. The number of anilines is 1. The summed E-state index contributed by atoms with van der Waals surface area (Å²) < 4.78 is 33.5. The molecule has 0 aliphatic heterocycles. The van der Waals surface area contributed by atoms with Crippen LogP contribution in [0.4, 0.5) is 5.69 Å². The Morgan fingerprint density at radius 1 is 1.00 bits per heavy atom. The molecule has 1 atom stereocenters. The molecular weight excluding hydrogens is 514 g/mol. The van der Waals surface area contributed by atoms with Gasteiger partial charge in [-0.05, 0) is 66.4 Å². The third-order valence-corrected chi connectivity index (χ3v) is 7.64. The zero-order chi connectivity index (χ0) is 26.4. The molecule has 10 heteroatoms. The van der Waals surface area contributed by atoms with Crippen LogP contribution in [0.15, 0.2) is 83.9 Å². The monoisotopic (exact) mass is 539 g/mol. The number of carbonyl (C=O) groups excluding carboxylic acids is 2. The number of rotatable bonds is 10. The highest BCUT2D eigenvalue weighted by atomic mass is 35.5. The van der Waals surface area contributed by atoms with Crippen LogP contribution in [0, 0.1) is 0 Å². The molecule has 37 heavy (non-hydrogen) atoms. The Morgan fingerprint density at radius 3 is 2.41 bits per heavy atom. The molecule has 0 radical (unpaired) electrons. The van der Waals surface area contributed by atoms with Gasteiger partial charge in [-0.25, -0.2) is 8.42 Å². The van der Waals surface area contributed by atoms with Crippen molar-refractivity contribution in [2.75, 3.05) is 12.4 Å². The van der Waals surface area contributed by atoms with Crippen molar-refractivity contribution in [3.63, 3.8) is 0 Å². The number of carbonyl (C=O) groups is 2. The number of fused-ring (bicyclic) bond motifs is 1. The molecule has 4 rings (SSSR count). The lowest BCUT2D eigenvalue weighted by molar-refractivity contribution is -0.140. The minimum Gasteiger partial charge on any atom is -0.469 e. The molecule has 3 N–H and O–H groups in total. The van der Waals surface area contributed by atoms with E-state index < -0.39 is 22.0 Å². The number of amides is 1. The van der Waals surface area contributed by atoms with E-state index in [0.717, 1.165) is 22.0 Å². The molecule has 0 saturated carbocycles. The maximum Gasteiger partial charge on any atom is 0.305 e. The van der Waals surface area contributed by atoms with Crippen molar-refractivity contribution in [2.45, 2.75) is 30.2 Å². The number of methoxy groups -OCH3 is 1. The lowest BCUT2D eigenvalue weighted by atomic mass is 10.0. The smallest absolute Gasteiger partial charge is 0.305 e. The molecule has 0 saturated heterocycles. The van der Waals surface area contributed by atoms with Crippen LogP contribution >= 0.6 is 11.6 Å².